The van der Waals surface area contributed by atoms with Crippen LogP contribution < -0.4 is 4.90 Å². The molecule has 1 atom stereocenters. The molecule has 1 amide bonds. The van der Waals surface area contributed by atoms with Crippen molar-refractivity contribution in [2.45, 2.75) is 24.7 Å². The number of carboxylic acids is 1. The van der Waals surface area contributed by atoms with Crippen molar-refractivity contribution < 1.29 is 19.4 Å². The number of hydrogen-bond acceptors (Lipinski definition) is 3. The number of ether oxygens (including phenoxy) is 1. The van der Waals surface area contributed by atoms with E-state index in [2.05, 4.69) is 24.3 Å². The maximum atomic E-state index is 13.1. The van der Waals surface area contributed by atoms with Crippen molar-refractivity contribution in [3.05, 3.63) is 89.5 Å². The highest BCUT2D eigenvalue weighted by molar-refractivity contribution is 5.91. The molecule has 0 fully saturated rings. The zero-order valence-electron chi connectivity index (χ0n) is 17.0. The van der Waals surface area contributed by atoms with Crippen LogP contribution in [0.15, 0.2) is 72.8 Å². The van der Waals surface area contributed by atoms with Crippen LogP contribution in [0.4, 0.5) is 10.5 Å². The summed E-state index contributed by atoms with van der Waals surface area (Å²) in [7, 11) is 0. The number of nitrogens with zero attached hydrogens (tertiary/aromatic N) is 1. The molecule has 2 aliphatic rings. The Bertz CT molecular complexity index is 1110. The number of aliphatic carboxylic acids is 1. The lowest BCUT2D eigenvalue weighted by Crippen LogP contribution is -2.31. The Kier molecular flexibility index (Phi) is 4.94. The second-order valence-corrected chi connectivity index (χ2v) is 8.10. The molecule has 5 heteroatoms. The first-order valence-electron chi connectivity index (χ1n) is 10.6. The van der Waals surface area contributed by atoms with Gasteiger partial charge in [0, 0.05) is 24.8 Å². The van der Waals surface area contributed by atoms with Gasteiger partial charge in [-0.2, -0.15) is 0 Å². The number of carbonyl (C=O) groups is 2. The number of rotatable bonds is 5. The number of benzene rings is 3. The van der Waals surface area contributed by atoms with E-state index >= 15 is 0 Å². The van der Waals surface area contributed by atoms with Crippen LogP contribution in [-0.4, -0.2) is 30.3 Å². The lowest BCUT2D eigenvalue weighted by atomic mass is 9.96. The highest BCUT2D eigenvalue weighted by atomic mass is 16.6. The van der Waals surface area contributed by atoms with Crippen molar-refractivity contribution in [3.8, 4) is 11.1 Å². The minimum atomic E-state index is -0.822. The number of carboxylic acid groups (broad SMARTS) is 1. The van der Waals surface area contributed by atoms with Crippen molar-refractivity contribution in [3.63, 3.8) is 0 Å². The molecule has 3 aromatic rings. The van der Waals surface area contributed by atoms with Gasteiger partial charge >= 0.3 is 12.1 Å². The maximum Gasteiger partial charge on any atom is 0.414 e. The van der Waals surface area contributed by atoms with Crippen LogP contribution in [0.5, 0.6) is 0 Å². The Hall–Kier alpha value is -3.60. The van der Waals surface area contributed by atoms with Crippen molar-refractivity contribution in [1.82, 2.24) is 0 Å². The summed E-state index contributed by atoms with van der Waals surface area (Å²) in [5, 5.41) is 9.06. The number of para-hydroxylation sites is 1. The molecule has 1 N–H and O–H groups in total. The molecule has 1 unspecified atom stereocenters. The molecule has 156 valence electrons. The van der Waals surface area contributed by atoms with Gasteiger partial charge in [-0.15, -0.1) is 0 Å². The predicted octanol–water partition coefficient (Wildman–Crippen LogP) is 5.40. The number of hydrogen-bond donors (Lipinski definition) is 1. The molecule has 1 aliphatic carbocycles. The summed E-state index contributed by atoms with van der Waals surface area (Å²) in [5.74, 6) is -0.804. The number of carbonyl (C=O) groups excluding carboxylic acids is 1. The molecule has 5 rings (SSSR count). The second kappa shape index (κ2) is 7.91. The summed E-state index contributed by atoms with van der Waals surface area (Å²) in [4.78, 5) is 25.7. The van der Waals surface area contributed by atoms with E-state index in [4.69, 9.17) is 9.84 Å². The van der Waals surface area contributed by atoms with E-state index in [1.807, 2.05) is 48.5 Å². The lowest BCUT2D eigenvalue weighted by Gasteiger charge is -2.20. The van der Waals surface area contributed by atoms with Gasteiger partial charge in [-0.1, -0.05) is 66.7 Å². The summed E-state index contributed by atoms with van der Waals surface area (Å²) >= 11 is 0. The molecule has 3 aromatic carbocycles. The zero-order valence-corrected chi connectivity index (χ0v) is 17.0. The van der Waals surface area contributed by atoms with Gasteiger partial charge in [-0.05, 0) is 40.3 Å². The quantitative estimate of drug-likeness (QED) is 0.608. The summed E-state index contributed by atoms with van der Waals surface area (Å²) in [6, 6.07) is 24.2. The first-order chi connectivity index (χ1) is 15.1. The smallest absolute Gasteiger partial charge is 0.414 e. The molecule has 5 nitrogen and oxygen atoms in total. The van der Waals surface area contributed by atoms with Crippen LogP contribution in [0.1, 0.15) is 41.4 Å². The van der Waals surface area contributed by atoms with E-state index in [0.717, 1.165) is 11.3 Å². The number of anilines is 1. The normalized spacial score (nSPS) is 16.5. The Morgan fingerprint density at radius 3 is 2.10 bits per heavy atom. The van der Waals surface area contributed by atoms with E-state index in [1.165, 1.54) is 22.3 Å². The molecule has 31 heavy (non-hydrogen) atoms. The summed E-state index contributed by atoms with van der Waals surface area (Å²) in [5.41, 5.74) is 6.57. The third kappa shape index (κ3) is 3.46. The Labute approximate surface area is 180 Å². The lowest BCUT2D eigenvalue weighted by molar-refractivity contribution is -0.137. The Morgan fingerprint density at radius 1 is 0.871 bits per heavy atom. The highest BCUT2D eigenvalue weighted by Gasteiger charge is 2.35. The number of amides is 1. The summed E-state index contributed by atoms with van der Waals surface area (Å²) in [6.07, 6.45) is 0.198. The van der Waals surface area contributed by atoms with Gasteiger partial charge in [0.05, 0.1) is 5.69 Å². The van der Waals surface area contributed by atoms with Gasteiger partial charge in [0.25, 0.3) is 0 Å². The SMILES string of the molecule is O=C(O)CCC1CN(C(=O)OCC2c3ccccc3-c3ccccc32)c2ccccc21. The fourth-order valence-corrected chi connectivity index (χ4v) is 4.88. The molecule has 0 bridgehead atoms. The van der Waals surface area contributed by atoms with Gasteiger partial charge in [-0.25, -0.2) is 4.79 Å². The van der Waals surface area contributed by atoms with Gasteiger partial charge < -0.3 is 9.84 Å². The van der Waals surface area contributed by atoms with Crippen LogP contribution >= 0.6 is 0 Å². The van der Waals surface area contributed by atoms with E-state index in [9.17, 15) is 9.59 Å². The molecule has 0 spiro atoms. The van der Waals surface area contributed by atoms with Crippen LogP contribution in [0.2, 0.25) is 0 Å². The summed E-state index contributed by atoms with van der Waals surface area (Å²) < 4.78 is 5.83. The first-order valence-corrected chi connectivity index (χ1v) is 10.6. The third-order valence-corrected chi connectivity index (χ3v) is 6.33. The molecule has 0 aromatic heterocycles. The monoisotopic (exact) mass is 413 g/mol. The van der Waals surface area contributed by atoms with Crippen molar-refractivity contribution in [2.75, 3.05) is 18.1 Å². The largest absolute Gasteiger partial charge is 0.481 e. The highest BCUT2D eigenvalue weighted by Crippen LogP contribution is 2.45. The van der Waals surface area contributed by atoms with Crippen LogP contribution in [0.3, 0.4) is 0 Å². The van der Waals surface area contributed by atoms with Crippen LogP contribution in [0.25, 0.3) is 11.1 Å². The first kappa shape index (κ1) is 19.4. The molecule has 1 heterocycles. The fraction of sp³-hybridized carbons (Fsp3) is 0.231. The van der Waals surface area contributed by atoms with Crippen molar-refractivity contribution in [1.29, 1.82) is 0 Å². The topological polar surface area (TPSA) is 66.8 Å². The minimum absolute atomic E-state index is 0.00721. The van der Waals surface area contributed by atoms with Gasteiger partial charge in [0.15, 0.2) is 0 Å². The molecule has 0 radical (unpaired) electrons. The third-order valence-electron chi connectivity index (χ3n) is 6.33. The van der Waals surface area contributed by atoms with E-state index in [1.54, 1.807) is 4.90 Å². The van der Waals surface area contributed by atoms with Crippen molar-refractivity contribution in [2.24, 2.45) is 0 Å². The maximum absolute atomic E-state index is 13.1. The molecule has 1 aliphatic heterocycles. The van der Waals surface area contributed by atoms with E-state index in [0.29, 0.717) is 13.0 Å². The van der Waals surface area contributed by atoms with Gasteiger partial charge in [0.1, 0.15) is 6.61 Å². The minimum Gasteiger partial charge on any atom is -0.481 e. The zero-order chi connectivity index (χ0) is 21.4. The molecule has 0 saturated carbocycles. The Morgan fingerprint density at radius 2 is 1.45 bits per heavy atom. The second-order valence-electron chi connectivity index (χ2n) is 8.10. The van der Waals surface area contributed by atoms with E-state index in [-0.39, 0.29) is 31.0 Å². The average molecular weight is 413 g/mol. The molecular weight excluding hydrogens is 390 g/mol. The van der Waals surface area contributed by atoms with E-state index < -0.39 is 5.97 Å². The van der Waals surface area contributed by atoms with Gasteiger partial charge in [0.2, 0.25) is 0 Å². The predicted molar refractivity (Wildman–Crippen MR) is 118 cm³/mol. The molecular formula is C26H23NO4. The van der Waals surface area contributed by atoms with Crippen LogP contribution in [0, 0.1) is 0 Å². The Balaban J connectivity index is 1.34. The molecule has 0 saturated heterocycles. The van der Waals surface area contributed by atoms with Crippen molar-refractivity contribution >= 4 is 17.7 Å². The van der Waals surface area contributed by atoms with Crippen LogP contribution in [-0.2, 0) is 9.53 Å². The van der Waals surface area contributed by atoms with Gasteiger partial charge in [-0.3, -0.25) is 9.69 Å². The average Bonchev–Trinajstić information content (AvgIpc) is 3.32. The number of fused-ring (bicyclic) bond motifs is 4. The fourth-order valence-electron chi connectivity index (χ4n) is 4.88. The standard InChI is InChI=1S/C26H23NO4/c28-25(29)14-13-17-15-27(24-12-6-5-7-18(17)24)26(30)31-16-23-21-10-3-1-8-19(21)20-9-2-4-11-22(20)23/h1-12,17,23H,13-16H2,(H,28,29). The summed E-state index contributed by atoms with van der Waals surface area (Å²) in [6.45, 7) is 0.717.